The monoisotopic (exact) mass is 328 g/mol. The molecule has 0 fully saturated rings. The molecule has 0 radical (unpaired) electrons. The van der Waals surface area contributed by atoms with Crippen LogP contribution in [-0.4, -0.2) is 10.9 Å². The topological polar surface area (TPSA) is 42.0 Å². The van der Waals surface area contributed by atoms with Gasteiger partial charge in [0.05, 0.1) is 10.0 Å². The molecule has 1 aromatic heterocycles. The van der Waals surface area contributed by atoms with Gasteiger partial charge in [-0.1, -0.05) is 11.6 Å². The highest BCUT2D eigenvalue weighted by Gasteiger charge is 2.07. The SMILES string of the molecule is O=C(Nc1ccc(F)c(Br)c1)c1ccc(Cl)nc1. The van der Waals surface area contributed by atoms with Gasteiger partial charge in [-0.15, -0.1) is 0 Å². The van der Waals surface area contributed by atoms with Crippen molar-refractivity contribution in [3.05, 3.63) is 57.5 Å². The van der Waals surface area contributed by atoms with Crippen LogP contribution in [0.4, 0.5) is 10.1 Å². The number of aromatic nitrogens is 1. The first kappa shape index (κ1) is 13.0. The lowest BCUT2D eigenvalue weighted by atomic mass is 10.2. The molecule has 2 aromatic rings. The first-order chi connectivity index (χ1) is 8.56. The van der Waals surface area contributed by atoms with E-state index in [0.717, 1.165) is 0 Å². The first-order valence-electron chi connectivity index (χ1n) is 4.94. The molecule has 0 unspecified atom stereocenters. The third-order valence-corrected chi connectivity index (χ3v) is 3.00. The largest absolute Gasteiger partial charge is 0.322 e. The fraction of sp³-hybridized carbons (Fsp3) is 0. The predicted molar refractivity (Wildman–Crippen MR) is 71.3 cm³/mol. The second-order valence-corrected chi connectivity index (χ2v) is 4.69. The quantitative estimate of drug-likeness (QED) is 0.849. The van der Waals surface area contributed by atoms with Crippen molar-refractivity contribution in [2.75, 3.05) is 5.32 Å². The number of hydrogen-bond donors (Lipinski definition) is 1. The molecule has 92 valence electrons. The van der Waals surface area contributed by atoms with Gasteiger partial charge in [-0.05, 0) is 46.3 Å². The van der Waals surface area contributed by atoms with Crippen molar-refractivity contribution in [2.24, 2.45) is 0 Å². The van der Waals surface area contributed by atoms with Crippen LogP contribution in [0.1, 0.15) is 10.4 Å². The van der Waals surface area contributed by atoms with Gasteiger partial charge in [0.25, 0.3) is 5.91 Å². The van der Waals surface area contributed by atoms with E-state index in [0.29, 0.717) is 16.4 Å². The number of hydrogen-bond acceptors (Lipinski definition) is 2. The van der Waals surface area contributed by atoms with Crippen LogP contribution < -0.4 is 5.32 Å². The van der Waals surface area contributed by atoms with Crippen LogP contribution in [0.5, 0.6) is 0 Å². The lowest BCUT2D eigenvalue weighted by Gasteiger charge is -2.05. The Morgan fingerprint density at radius 3 is 2.72 bits per heavy atom. The van der Waals surface area contributed by atoms with Gasteiger partial charge in [0.2, 0.25) is 0 Å². The van der Waals surface area contributed by atoms with Crippen LogP contribution in [0, 0.1) is 5.82 Å². The van der Waals surface area contributed by atoms with E-state index < -0.39 is 0 Å². The maximum Gasteiger partial charge on any atom is 0.257 e. The van der Waals surface area contributed by atoms with Gasteiger partial charge >= 0.3 is 0 Å². The van der Waals surface area contributed by atoms with Crippen molar-refractivity contribution in [2.45, 2.75) is 0 Å². The normalized spacial score (nSPS) is 10.2. The molecule has 3 nitrogen and oxygen atoms in total. The fourth-order valence-electron chi connectivity index (χ4n) is 1.29. The molecule has 0 aliphatic heterocycles. The van der Waals surface area contributed by atoms with Crippen LogP contribution in [0.15, 0.2) is 41.0 Å². The first-order valence-corrected chi connectivity index (χ1v) is 6.11. The predicted octanol–water partition coefficient (Wildman–Crippen LogP) is 3.89. The molecule has 1 heterocycles. The maximum atomic E-state index is 13.0. The van der Waals surface area contributed by atoms with E-state index in [1.54, 1.807) is 6.07 Å². The van der Waals surface area contributed by atoms with E-state index in [9.17, 15) is 9.18 Å². The summed E-state index contributed by atoms with van der Waals surface area (Å²) in [5.41, 5.74) is 0.864. The minimum Gasteiger partial charge on any atom is -0.322 e. The van der Waals surface area contributed by atoms with Crippen molar-refractivity contribution in [1.82, 2.24) is 4.98 Å². The second-order valence-electron chi connectivity index (χ2n) is 3.45. The summed E-state index contributed by atoms with van der Waals surface area (Å²) in [5.74, 6) is -0.723. The molecule has 0 bridgehead atoms. The number of benzene rings is 1. The average Bonchev–Trinajstić information content (AvgIpc) is 2.34. The van der Waals surface area contributed by atoms with Gasteiger partial charge < -0.3 is 5.32 Å². The molecule has 0 spiro atoms. The lowest BCUT2D eigenvalue weighted by molar-refractivity contribution is 0.102. The number of rotatable bonds is 2. The van der Waals surface area contributed by atoms with E-state index in [1.165, 1.54) is 30.5 Å². The highest BCUT2D eigenvalue weighted by molar-refractivity contribution is 9.10. The Balaban J connectivity index is 2.16. The van der Waals surface area contributed by atoms with Gasteiger partial charge in [-0.3, -0.25) is 4.79 Å². The Bertz CT molecular complexity index is 589. The van der Waals surface area contributed by atoms with Crippen LogP contribution in [-0.2, 0) is 0 Å². The lowest BCUT2D eigenvalue weighted by Crippen LogP contribution is -2.12. The highest BCUT2D eigenvalue weighted by atomic mass is 79.9. The summed E-state index contributed by atoms with van der Waals surface area (Å²) in [7, 11) is 0. The number of carbonyl (C=O) groups excluding carboxylic acids is 1. The zero-order chi connectivity index (χ0) is 13.1. The summed E-state index contributed by atoms with van der Waals surface area (Å²) in [6, 6.07) is 7.30. The highest BCUT2D eigenvalue weighted by Crippen LogP contribution is 2.20. The molecule has 1 aromatic carbocycles. The van der Waals surface area contributed by atoms with Crippen LogP contribution in [0.3, 0.4) is 0 Å². The number of pyridine rings is 1. The zero-order valence-electron chi connectivity index (χ0n) is 8.95. The van der Waals surface area contributed by atoms with Gasteiger partial charge in [-0.2, -0.15) is 0 Å². The number of nitrogens with one attached hydrogen (secondary N) is 1. The van der Waals surface area contributed by atoms with Gasteiger partial charge in [-0.25, -0.2) is 9.37 Å². The van der Waals surface area contributed by atoms with Crippen molar-refractivity contribution < 1.29 is 9.18 Å². The summed E-state index contributed by atoms with van der Waals surface area (Å²) in [6.07, 6.45) is 1.37. The van der Waals surface area contributed by atoms with Crippen LogP contribution in [0.2, 0.25) is 5.15 Å². The molecule has 6 heteroatoms. The Morgan fingerprint density at radius 1 is 1.33 bits per heavy atom. The summed E-state index contributed by atoms with van der Waals surface area (Å²) < 4.78 is 13.3. The standard InChI is InChI=1S/C12H7BrClFN2O/c13-9-5-8(2-3-10(9)15)17-12(18)7-1-4-11(14)16-6-7/h1-6H,(H,17,18). The number of carbonyl (C=O) groups is 1. The van der Waals surface area contributed by atoms with Crippen LogP contribution >= 0.6 is 27.5 Å². The Hall–Kier alpha value is -1.46. The number of anilines is 1. The summed E-state index contributed by atoms with van der Waals surface area (Å²) in [6.45, 7) is 0. The molecule has 0 atom stereocenters. The van der Waals surface area contributed by atoms with Gasteiger partial charge in [0, 0.05) is 11.9 Å². The van der Waals surface area contributed by atoms with E-state index in [2.05, 4.69) is 26.2 Å². The van der Waals surface area contributed by atoms with Gasteiger partial charge in [0.1, 0.15) is 11.0 Å². The molecule has 0 saturated carbocycles. The average molecular weight is 330 g/mol. The summed E-state index contributed by atoms with van der Waals surface area (Å²) >= 11 is 8.67. The minimum atomic E-state index is -0.388. The molecular formula is C12H7BrClFN2O. The van der Waals surface area contributed by atoms with Crippen molar-refractivity contribution in [1.29, 1.82) is 0 Å². The second kappa shape index (κ2) is 5.46. The molecule has 0 aliphatic carbocycles. The summed E-state index contributed by atoms with van der Waals surface area (Å²) in [4.78, 5) is 15.6. The van der Waals surface area contributed by atoms with E-state index in [-0.39, 0.29) is 16.2 Å². The number of halogens is 3. The zero-order valence-corrected chi connectivity index (χ0v) is 11.3. The third kappa shape index (κ3) is 3.05. The molecule has 2 rings (SSSR count). The molecular weight excluding hydrogens is 322 g/mol. The molecule has 0 aliphatic rings. The van der Waals surface area contributed by atoms with E-state index in [1.807, 2.05) is 0 Å². The number of amides is 1. The maximum absolute atomic E-state index is 13.0. The minimum absolute atomic E-state index is 0.287. The molecule has 18 heavy (non-hydrogen) atoms. The van der Waals surface area contributed by atoms with Gasteiger partial charge in [0.15, 0.2) is 0 Å². The third-order valence-electron chi connectivity index (χ3n) is 2.17. The van der Waals surface area contributed by atoms with Crippen LogP contribution in [0.25, 0.3) is 0 Å². The van der Waals surface area contributed by atoms with Crippen molar-refractivity contribution in [3.63, 3.8) is 0 Å². The van der Waals surface area contributed by atoms with E-state index >= 15 is 0 Å². The molecule has 0 saturated heterocycles. The smallest absolute Gasteiger partial charge is 0.257 e. The van der Waals surface area contributed by atoms with Crippen molar-refractivity contribution >= 4 is 39.1 Å². The van der Waals surface area contributed by atoms with E-state index in [4.69, 9.17) is 11.6 Å². The Morgan fingerprint density at radius 2 is 2.11 bits per heavy atom. The fourth-order valence-corrected chi connectivity index (χ4v) is 1.78. The Labute approximate surface area is 116 Å². The Kier molecular flexibility index (Phi) is 3.93. The molecule has 1 N–H and O–H groups in total. The van der Waals surface area contributed by atoms with Crippen molar-refractivity contribution in [3.8, 4) is 0 Å². The summed E-state index contributed by atoms with van der Waals surface area (Å²) in [5, 5.41) is 2.94. The number of nitrogens with zero attached hydrogens (tertiary/aromatic N) is 1. The molecule has 1 amide bonds.